The van der Waals surface area contributed by atoms with Crippen LogP contribution in [0.25, 0.3) is 0 Å². The molecule has 1 fully saturated rings. The highest BCUT2D eigenvalue weighted by Gasteiger charge is 2.32. The van der Waals surface area contributed by atoms with Crippen LogP contribution < -0.4 is 4.74 Å². The maximum atomic E-state index is 13.1. The lowest BCUT2D eigenvalue weighted by molar-refractivity contribution is -0.389. The molecule has 0 radical (unpaired) electrons. The zero-order valence-corrected chi connectivity index (χ0v) is 17.6. The molecule has 1 aliphatic heterocycles. The fourth-order valence-electron chi connectivity index (χ4n) is 3.70. The van der Waals surface area contributed by atoms with Crippen LogP contribution in [0, 0.1) is 26.0 Å². The van der Waals surface area contributed by atoms with Gasteiger partial charge in [-0.15, -0.1) is 0 Å². The number of hydrogen-bond donors (Lipinski definition) is 0. The average molecular weight is 446 g/mol. The Bertz CT molecular complexity index is 1020. The van der Waals surface area contributed by atoms with Crippen molar-refractivity contribution in [2.24, 2.45) is 0 Å². The van der Waals surface area contributed by atoms with Crippen molar-refractivity contribution in [3.8, 4) is 5.75 Å². The van der Waals surface area contributed by atoms with Crippen LogP contribution in [0.15, 0.2) is 42.5 Å². The minimum Gasteiger partial charge on any atom is -0.477 e. The first kappa shape index (κ1) is 23.1. The van der Waals surface area contributed by atoms with Crippen LogP contribution in [0.5, 0.6) is 5.75 Å². The first-order chi connectivity index (χ1) is 15.2. The number of carbonyl (C=O) groups is 1. The van der Waals surface area contributed by atoms with Gasteiger partial charge in [0.1, 0.15) is 5.82 Å². The lowest BCUT2D eigenvalue weighted by Crippen LogP contribution is -2.58. The molecule has 0 aromatic heterocycles. The second-order valence-electron chi connectivity index (χ2n) is 7.75. The fraction of sp³-hybridized carbons (Fsp3) is 0.381. The second kappa shape index (κ2) is 9.69. The van der Waals surface area contributed by atoms with Crippen molar-refractivity contribution in [1.29, 1.82) is 0 Å². The summed E-state index contributed by atoms with van der Waals surface area (Å²) in [4.78, 5) is 37.3. The topological polar surface area (TPSA) is 119 Å². The van der Waals surface area contributed by atoms with E-state index >= 15 is 0 Å². The molecular formula is C21H23FN4O6. The maximum Gasteiger partial charge on any atom is 0.311 e. The number of rotatable bonds is 7. The molecule has 0 bridgehead atoms. The minimum absolute atomic E-state index is 0.0207. The second-order valence-corrected chi connectivity index (χ2v) is 7.75. The molecule has 2 unspecified atom stereocenters. The van der Waals surface area contributed by atoms with E-state index in [9.17, 15) is 29.4 Å². The smallest absolute Gasteiger partial charge is 0.311 e. The molecule has 11 heteroatoms. The molecule has 3 rings (SSSR count). The van der Waals surface area contributed by atoms with Gasteiger partial charge in [-0.3, -0.25) is 29.9 Å². The van der Waals surface area contributed by atoms with E-state index in [2.05, 4.69) is 4.90 Å². The molecule has 1 saturated heterocycles. The van der Waals surface area contributed by atoms with Gasteiger partial charge in [0.15, 0.2) is 6.61 Å². The highest BCUT2D eigenvalue weighted by molar-refractivity contribution is 5.78. The summed E-state index contributed by atoms with van der Waals surface area (Å²) in [5.41, 5.74) is 0.148. The van der Waals surface area contributed by atoms with Crippen molar-refractivity contribution in [3.63, 3.8) is 0 Å². The Kier molecular flexibility index (Phi) is 6.98. The van der Waals surface area contributed by atoms with Crippen LogP contribution in [0.1, 0.15) is 19.4 Å². The van der Waals surface area contributed by atoms with E-state index in [1.165, 1.54) is 12.1 Å². The highest BCUT2D eigenvalue weighted by Crippen LogP contribution is 2.31. The van der Waals surface area contributed by atoms with Gasteiger partial charge < -0.3 is 9.64 Å². The van der Waals surface area contributed by atoms with Gasteiger partial charge in [-0.2, -0.15) is 0 Å². The Morgan fingerprint density at radius 1 is 1.06 bits per heavy atom. The van der Waals surface area contributed by atoms with E-state index in [0.717, 1.165) is 23.8 Å². The van der Waals surface area contributed by atoms with E-state index in [0.29, 0.717) is 19.6 Å². The zero-order valence-electron chi connectivity index (χ0n) is 17.6. The van der Waals surface area contributed by atoms with Gasteiger partial charge in [-0.05, 0) is 31.5 Å². The van der Waals surface area contributed by atoms with Crippen molar-refractivity contribution >= 4 is 17.3 Å². The van der Waals surface area contributed by atoms with E-state index < -0.39 is 22.1 Å². The fourth-order valence-corrected chi connectivity index (χ4v) is 3.70. The van der Waals surface area contributed by atoms with Gasteiger partial charge in [0.2, 0.25) is 5.75 Å². The third-order valence-corrected chi connectivity index (χ3v) is 5.44. The summed E-state index contributed by atoms with van der Waals surface area (Å²) >= 11 is 0. The van der Waals surface area contributed by atoms with Crippen LogP contribution in [-0.4, -0.2) is 57.3 Å². The van der Waals surface area contributed by atoms with Crippen LogP contribution in [0.4, 0.5) is 15.8 Å². The number of piperazine rings is 1. The molecule has 1 amide bonds. The van der Waals surface area contributed by atoms with E-state index in [1.807, 2.05) is 13.8 Å². The van der Waals surface area contributed by atoms with Crippen LogP contribution >= 0.6 is 0 Å². The number of amides is 1. The molecule has 0 aliphatic carbocycles. The summed E-state index contributed by atoms with van der Waals surface area (Å²) < 4.78 is 18.5. The SMILES string of the molecule is CC1CN(C(=O)COc2cc([N+](=O)[O-])ccc2[N+](=O)[O-])C(C)CN1Cc1ccc(F)cc1. The molecule has 0 saturated carbocycles. The molecule has 170 valence electrons. The molecule has 2 atom stereocenters. The van der Waals surface area contributed by atoms with E-state index in [-0.39, 0.29) is 35.2 Å². The molecule has 0 N–H and O–H groups in total. The first-order valence-corrected chi connectivity index (χ1v) is 9.99. The monoisotopic (exact) mass is 446 g/mol. The summed E-state index contributed by atoms with van der Waals surface area (Å²) in [6.45, 7) is 5.00. The lowest BCUT2D eigenvalue weighted by atomic mass is 10.1. The van der Waals surface area contributed by atoms with Crippen molar-refractivity contribution in [3.05, 3.63) is 74.1 Å². The number of nitrogens with zero attached hydrogens (tertiary/aromatic N) is 4. The third kappa shape index (κ3) is 5.35. The Morgan fingerprint density at radius 2 is 1.75 bits per heavy atom. The minimum atomic E-state index is -0.720. The third-order valence-electron chi connectivity index (χ3n) is 5.44. The normalized spacial score (nSPS) is 18.9. The largest absolute Gasteiger partial charge is 0.477 e. The molecule has 2 aromatic carbocycles. The Morgan fingerprint density at radius 3 is 2.38 bits per heavy atom. The zero-order chi connectivity index (χ0) is 23.4. The molecular weight excluding hydrogens is 423 g/mol. The number of non-ortho nitro benzene ring substituents is 1. The van der Waals surface area contributed by atoms with Crippen LogP contribution in [0.3, 0.4) is 0 Å². The Hall–Kier alpha value is -3.60. The van der Waals surface area contributed by atoms with Gasteiger partial charge in [0.25, 0.3) is 11.6 Å². The predicted octanol–water partition coefficient (Wildman–Crippen LogP) is 3.14. The molecule has 1 heterocycles. The van der Waals surface area contributed by atoms with Gasteiger partial charge in [0, 0.05) is 43.9 Å². The molecule has 0 spiro atoms. The number of halogens is 1. The summed E-state index contributed by atoms with van der Waals surface area (Å²) in [6, 6.07) is 9.08. The summed E-state index contributed by atoms with van der Waals surface area (Å²) in [6.07, 6.45) is 0. The summed E-state index contributed by atoms with van der Waals surface area (Å²) in [5.74, 6) is -0.991. The highest BCUT2D eigenvalue weighted by atomic mass is 19.1. The number of benzene rings is 2. The number of carbonyl (C=O) groups excluding carboxylic acids is 1. The van der Waals surface area contributed by atoms with Crippen molar-refractivity contribution in [2.45, 2.75) is 32.5 Å². The van der Waals surface area contributed by atoms with Gasteiger partial charge in [-0.25, -0.2) is 4.39 Å². The predicted molar refractivity (Wildman–Crippen MR) is 113 cm³/mol. The molecule has 10 nitrogen and oxygen atoms in total. The molecule has 2 aromatic rings. The number of nitro groups is 2. The van der Waals surface area contributed by atoms with Crippen LogP contribution in [0.2, 0.25) is 0 Å². The van der Waals surface area contributed by atoms with Gasteiger partial charge in [-0.1, -0.05) is 12.1 Å². The van der Waals surface area contributed by atoms with E-state index in [1.54, 1.807) is 17.0 Å². The van der Waals surface area contributed by atoms with Crippen LogP contribution in [-0.2, 0) is 11.3 Å². The van der Waals surface area contributed by atoms with Crippen molar-refractivity contribution in [1.82, 2.24) is 9.80 Å². The van der Waals surface area contributed by atoms with Crippen molar-refractivity contribution < 1.29 is 23.8 Å². The average Bonchev–Trinajstić information content (AvgIpc) is 2.75. The maximum absolute atomic E-state index is 13.1. The number of ether oxygens (including phenoxy) is 1. The lowest BCUT2D eigenvalue weighted by Gasteiger charge is -2.44. The van der Waals surface area contributed by atoms with Crippen molar-refractivity contribution in [2.75, 3.05) is 19.7 Å². The molecule has 32 heavy (non-hydrogen) atoms. The molecule has 1 aliphatic rings. The number of hydrogen-bond acceptors (Lipinski definition) is 7. The van der Waals surface area contributed by atoms with E-state index in [4.69, 9.17) is 4.74 Å². The standard InChI is InChI=1S/C21H23FN4O6/c1-14-11-24(15(2)10-23(14)12-16-3-5-17(22)6-4-16)21(27)13-32-20-9-18(25(28)29)7-8-19(20)26(30)31/h3-9,14-15H,10-13H2,1-2H3. The Labute approximate surface area is 183 Å². The summed E-state index contributed by atoms with van der Waals surface area (Å²) in [5, 5.41) is 22.1. The number of nitro benzene ring substituents is 2. The first-order valence-electron chi connectivity index (χ1n) is 9.99. The Balaban J connectivity index is 1.64. The summed E-state index contributed by atoms with van der Waals surface area (Å²) in [7, 11) is 0. The van der Waals surface area contributed by atoms with Gasteiger partial charge >= 0.3 is 5.69 Å². The van der Waals surface area contributed by atoms with Gasteiger partial charge in [0.05, 0.1) is 15.9 Å². The quantitative estimate of drug-likeness (QED) is 0.473.